The second kappa shape index (κ2) is 4.65. The van der Waals surface area contributed by atoms with E-state index in [1.54, 1.807) is 0 Å². The number of hydrogen-bond acceptors (Lipinski definition) is 1. The molecule has 0 saturated heterocycles. The van der Waals surface area contributed by atoms with E-state index in [-0.39, 0.29) is 0 Å². The Morgan fingerprint density at radius 3 is 2.53 bits per heavy atom. The predicted octanol–water partition coefficient (Wildman–Crippen LogP) is 3.56. The van der Waals surface area contributed by atoms with E-state index in [4.69, 9.17) is 11.6 Å². The molecule has 2 rings (SSSR count). The molecule has 1 unspecified atom stereocenters. The molecular weight excluding hydrogens is 208 g/mol. The van der Waals surface area contributed by atoms with Crippen molar-refractivity contribution >= 4 is 11.6 Å². The van der Waals surface area contributed by atoms with E-state index in [0.717, 1.165) is 22.6 Å². The van der Waals surface area contributed by atoms with Crippen molar-refractivity contribution in [3.8, 4) is 0 Å². The van der Waals surface area contributed by atoms with Crippen LogP contribution in [0, 0.1) is 0 Å². The lowest BCUT2D eigenvalue weighted by molar-refractivity contribution is 0.212. The van der Waals surface area contributed by atoms with Crippen LogP contribution in [0.4, 0.5) is 0 Å². The van der Waals surface area contributed by atoms with Crippen molar-refractivity contribution in [3.05, 3.63) is 58.7 Å². The van der Waals surface area contributed by atoms with Gasteiger partial charge in [0.05, 0.1) is 0 Å². The van der Waals surface area contributed by atoms with Gasteiger partial charge in [0.1, 0.15) is 6.10 Å². The molecule has 0 amide bonds. The summed E-state index contributed by atoms with van der Waals surface area (Å²) in [6.45, 7) is 0. The summed E-state index contributed by atoms with van der Waals surface area (Å²) < 4.78 is 0. The van der Waals surface area contributed by atoms with Crippen molar-refractivity contribution in [2.24, 2.45) is 0 Å². The Labute approximate surface area is 94.7 Å². The molecule has 1 aromatic rings. The van der Waals surface area contributed by atoms with Gasteiger partial charge in [-0.2, -0.15) is 0 Å². The number of aliphatic hydroxyl groups is 1. The predicted molar refractivity (Wildman–Crippen MR) is 62.7 cm³/mol. The lowest BCUT2D eigenvalue weighted by Gasteiger charge is -2.17. The minimum atomic E-state index is -0.520. The molecule has 0 fully saturated rings. The third-order valence-corrected chi connectivity index (χ3v) is 2.85. The molecule has 2 heteroatoms. The molecule has 1 aromatic carbocycles. The Balaban J connectivity index is 2.16. The molecule has 1 nitrogen and oxygen atoms in total. The molecule has 15 heavy (non-hydrogen) atoms. The van der Waals surface area contributed by atoms with E-state index in [1.807, 2.05) is 42.5 Å². The highest BCUT2D eigenvalue weighted by Crippen LogP contribution is 2.31. The molecule has 0 aromatic heterocycles. The van der Waals surface area contributed by atoms with Crippen LogP contribution in [0.15, 0.2) is 53.1 Å². The van der Waals surface area contributed by atoms with Crippen molar-refractivity contribution < 1.29 is 5.11 Å². The Morgan fingerprint density at radius 2 is 1.87 bits per heavy atom. The zero-order valence-corrected chi connectivity index (χ0v) is 9.11. The first-order chi connectivity index (χ1) is 7.27. The summed E-state index contributed by atoms with van der Waals surface area (Å²) in [6, 6.07) is 9.66. The molecule has 0 aliphatic heterocycles. The Kier molecular flexibility index (Phi) is 3.24. The average molecular weight is 221 g/mol. The fourth-order valence-corrected chi connectivity index (χ4v) is 1.98. The van der Waals surface area contributed by atoms with Gasteiger partial charge < -0.3 is 5.11 Å². The van der Waals surface area contributed by atoms with Gasteiger partial charge in [0.25, 0.3) is 0 Å². The lowest BCUT2D eigenvalue weighted by atomic mass is 9.95. The van der Waals surface area contributed by atoms with E-state index in [1.165, 1.54) is 0 Å². The van der Waals surface area contributed by atoms with Gasteiger partial charge >= 0.3 is 0 Å². The molecular formula is C13H13ClO. The third kappa shape index (κ3) is 2.49. The Bertz CT molecular complexity index is 392. The van der Waals surface area contributed by atoms with Crippen LogP contribution in [-0.2, 0) is 0 Å². The highest BCUT2D eigenvalue weighted by Gasteiger charge is 2.15. The summed E-state index contributed by atoms with van der Waals surface area (Å²) in [5, 5.41) is 10.9. The van der Waals surface area contributed by atoms with Crippen LogP contribution in [0.3, 0.4) is 0 Å². The normalized spacial score (nSPS) is 18.0. The minimum absolute atomic E-state index is 0.520. The van der Waals surface area contributed by atoms with Crippen molar-refractivity contribution in [2.75, 3.05) is 0 Å². The fraction of sp³-hybridized carbons (Fsp3) is 0.231. The molecule has 1 N–H and O–H groups in total. The van der Waals surface area contributed by atoms with E-state index in [9.17, 15) is 5.11 Å². The second-order valence-corrected chi connectivity index (χ2v) is 4.14. The average Bonchev–Trinajstić information content (AvgIpc) is 2.29. The van der Waals surface area contributed by atoms with E-state index in [2.05, 4.69) is 0 Å². The monoisotopic (exact) mass is 220 g/mol. The van der Waals surface area contributed by atoms with Gasteiger partial charge in [0.2, 0.25) is 0 Å². The van der Waals surface area contributed by atoms with Crippen LogP contribution < -0.4 is 0 Å². The van der Waals surface area contributed by atoms with Gasteiger partial charge in [0.15, 0.2) is 0 Å². The smallest absolute Gasteiger partial charge is 0.100 e. The number of aliphatic hydroxyl groups excluding tert-OH is 1. The second-order valence-electron chi connectivity index (χ2n) is 3.66. The van der Waals surface area contributed by atoms with Crippen LogP contribution in [0.25, 0.3) is 0 Å². The van der Waals surface area contributed by atoms with Crippen LogP contribution in [0.2, 0.25) is 0 Å². The largest absolute Gasteiger partial charge is 0.384 e. The summed E-state index contributed by atoms with van der Waals surface area (Å²) in [6.07, 6.45) is 4.98. The van der Waals surface area contributed by atoms with Gasteiger partial charge in [-0.15, -0.1) is 0 Å². The number of benzene rings is 1. The van der Waals surface area contributed by atoms with Gasteiger partial charge in [-0.1, -0.05) is 54.1 Å². The molecule has 1 atom stereocenters. The van der Waals surface area contributed by atoms with E-state index in [0.29, 0.717) is 6.42 Å². The Morgan fingerprint density at radius 1 is 1.13 bits per heavy atom. The van der Waals surface area contributed by atoms with Gasteiger partial charge in [-0.25, -0.2) is 0 Å². The number of allylic oxidation sites excluding steroid dienone is 3. The summed E-state index contributed by atoms with van der Waals surface area (Å²) in [5.41, 5.74) is 1.92. The standard InChI is InChI=1S/C13H13ClO/c14-12-8-4-7-11(9-12)13(15)10-5-2-1-3-6-10/h1-3,5-8,13,15H,4,9H2. The SMILES string of the molecule is OC(C1=CCC=C(Cl)C1)c1ccccc1. The minimum Gasteiger partial charge on any atom is -0.384 e. The fourth-order valence-electron chi connectivity index (χ4n) is 1.74. The zero-order chi connectivity index (χ0) is 10.7. The van der Waals surface area contributed by atoms with E-state index >= 15 is 0 Å². The van der Waals surface area contributed by atoms with Gasteiger partial charge in [0, 0.05) is 11.5 Å². The molecule has 0 heterocycles. The van der Waals surface area contributed by atoms with Crippen molar-refractivity contribution in [1.82, 2.24) is 0 Å². The highest BCUT2D eigenvalue weighted by molar-refractivity contribution is 6.29. The van der Waals surface area contributed by atoms with Crippen molar-refractivity contribution in [2.45, 2.75) is 18.9 Å². The van der Waals surface area contributed by atoms with Crippen molar-refractivity contribution in [1.29, 1.82) is 0 Å². The lowest BCUT2D eigenvalue weighted by Crippen LogP contribution is -2.03. The number of rotatable bonds is 2. The van der Waals surface area contributed by atoms with E-state index < -0.39 is 6.10 Å². The number of hydrogen-bond donors (Lipinski definition) is 1. The first kappa shape index (κ1) is 10.5. The summed E-state index contributed by atoms with van der Waals surface area (Å²) in [5.74, 6) is 0. The van der Waals surface area contributed by atoms with Crippen molar-refractivity contribution in [3.63, 3.8) is 0 Å². The maximum Gasteiger partial charge on any atom is 0.100 e. The number of halogens is 1. The third-order valence-electron chi connectivity index (χ3n) is 2.56. The molecule has 0 bridgehead atoms. The van der Waals surface area contributed by atoms with Gasteiger partial charge in [-0.3, -0.25) is 0 Å². The molecule has 1 aliphatic carbocycles. The molecule has 1 aliphatic rings. The first-order valence-corrected chi connectivity index (χ1v) is 5.41. The maximum absolute atomic E-state index is 10.1. The maximum atomic E-state index is 10.1. The summed E-state index contributed by atoms with van der Waals surface area (Å²) in [7, 11) is 0. The van der Waals surface area contributed by atoms with Gasteiger partial charge in [-0.05, 0) is 17.6 Å². The first-order valence-electron chi connectivity index (χ1n) is 5.04. The quantitative estimate of drug-likeness (QED) is 0.756. The molecule has 78 valence electrons. The highest BCUT2D eigenvalue weighted by atomic mass is 35.5. The summed E-state index contributed by atoms with van der Waals surface area (Å²) >= 11 is 5.95. The van der Waals surface area contributed by atoms with Crippen LogP contribution in [0.1, 0.15) is 24.5 Å². The van der Waals surface area contributed by atoms with Crippen LogP contribution in [0.5, 0.6) is 0 Å². The molecule has 0 spiro atoms. The topological polar surface area (TPSA) is 20.2 Å². The van der Waals surface area contributed by atoms with Crippen LogP contribution in [-0.4, -0.2) is 5.11 Å². The molecule has 0 saturated carbocycles. The van der Waals surface area contributed by atoms with Crippen LogP contribution >= 0.6 is 11.6 Å². The summed E-state index contributed by atoms with van der Waals surface area (Å²) in [4.78, 5) is 0. The zero-order valence-electron chi connectivity index (χ0n) is 8.36. The molecule has 0 radical (unpaired) electrons. The Hall–Kier alpha value is -1.05.